The van der Waals surface area contributed by atoms with Crippen molar-refractivity contribution in [2.24, 2.45) is 0 Å². The minimum Gasteiger partial charge on any atom is -0.497 e. The van der Waals surface area contributed by atoms with Crippen LogP contribution < -0.4 is 10.2 Å². The van der Waals surface area contributed by atoms with Gasteiger partial charge in [0.25, 0.3) is 11.6 Å². The van der Waals surface area contributed by atoms with Crippen LogP contribution in [0.3, 0.4) is 0 Å². The highest BCUT2D eigenvalue weighted by Crippen LogP contribution is 2.32. The van der Waals surface area contributed by atoms with Crippen LogP contribution in [0.5, 0.6) is 5.75 Å². The van der Waals surface area contributed by atoms with Crippen molar-refractivity contribution in [1.29, 1.82) is 0 Å². The number of methoxy groups -OCH3 is 1. The number of esters is 1. The van der Waals surface area contributed by atoms with Gasteiger partial charge in [-0.1, -0.05) is 72.3 Å². The van der Waals surface area contributed by atoms with Crippen molar-refractivity contribution in [3.8, 4) is 5.75 Å². The molecular weight excluding hydrogens is 574 g/mol. The monoisotopic (exact) mass is 597 g/mol. The summed E-state index contributed by atoms with van der Waals surface area (Å²) in [7, 11) is 1.56. The summed E-state index contributed by atoms with van der Waals surface area (Å²) in [6.07, 6.45) is 1.90. The number of carbonyl (C=O) groups excluding carboxylic acids is 3. The molecule has 1 N–H and O–H groups in total. The van der Waals surface area contributed by atoms with Gasteiger partial charge in [0, 0.05) is 17.2 Å². The van der Waals surface area contributed by atoms with E-state index in [0.29, 0.717) is 11.4 Å². The van der Waals surface area contributed by atoms with E-state index in [1.54, 1.807) is 25.3 Å². The summed E-state index contributed by atoms with van der Waals surface area (Å²) in [5.41, 5.74) is 4.88. The van der Waals surface area contributed by atoms with Gasteiger partial charge < -0.3 is 9.47 Å². The third-order valence-electron chi connectivity index (χ3n) is 6.78. The number of rotatable bonds is 9. The van der Waals surface area contributed by atoms with Crippen LogP contribution in [0.25, 0.3) is 5.70 Å². The normalized spacial score (nSPS) is 14.0. The highest BCUT2D eigenvalue weighted by Gasteiger charge is 2.32. The van der Waals surface area contributed by atoms with E-state index in [2.05, 4.69) is 5.43 Å². The second-order valence-electron chi connectivity index (χ2n) is 9.41. The number of hydrazine groups is 1. The molecule has 0 saturated heterocycles. The Labute approximate surface area is 251 Å². The number of nitrogens with one attached hydrogen (secondary N) is 1. The molecule has 1 aliphatic heterocycles. The van der Waals surface area contributed by atoms with Crippen molar-refractivity contribution in [1.82, 2.24) is 10.4 Å². The van der Waals surface area contributed by atoms with Crippen LogP contribution in [0.1, 0.15) is 43.4 Å². The van der Waals surface area contributed by atoms with Gasteiger partial charge >= 0.3 is 5.97 Å². The van der Waals surface area contributed by atoms with E-state index < -0.39 is 40.9 Å². The van der Waals surface area contributed by atoms with Crippen molar-refractivity contribution in [3.63, 3.8) is 0 Å². The molecule has 5 rings (SSSR count). The van der Waals surface area contributed by atoms with Crippen molar-refractivity contribution < 1.29 is 28.8 Å². The number of carbonyl (C=O) groups is 3. The van der Waals surface area contributed by atoms with Crippen molar-refractivity contribution in [2.75, 3.05) is 13.7 Å². The SMILES string of the molecule is COc1ccc([C@H]2C=C(c3ccccc3)NN2C(=O)COC(=O)c2ccccc2C(=O)c2ccc(Cl)c([N+](=O)[O-])c2)cc1. The Hall–Kier alpha value is -5.48. The summed E-state index contributed by atoms with van der Waals surface area (Å²) in [5.74, 6) is -1.42. The minimum absolute atomic E-state index is 0.0319. The molecule has 1 atom stereocenters. The zero-order valence-electron chi connectivity index (χ0n) is 22.7. The number of ether oxygens (including phenoxy) is 2. The first-order valence-corrected chi connectivity index (χ1v) is 13.4. The number of hydrogen-bond donors (Lipinski definition) is 1. The number of amides is 1. The molecule has 4 aromatic carbocycles. The highest BCUT2D eigenvalue weighted by molar-refractivity contribution is 6.33. The molecule has 0 unspecified atom stereocenters. The fourth-order valence-electron chi connectivity index (χ4n) is 4.59. The van der Waals surface area contributed by atoms with Gasteiger partial charge in [0.2, 0.25) is 0 Å². The average Bonchev–Trinajstić information content (AvgIpc) is 3.49. The van der Waals surface area contributed by atoms with Crippen LogP contribution >= 0.6 is 11.6 Å². The number of nitro benzene ring substituents is 1. The lowest BCUT2D eigenvalue weighted by Gasteiger charge is -2.25. The fourth-order valence-corrected chi connectivity index (χ4v) is 4.78. The van der Waals surface area contributed by atoms with Crippen LogP contribution in [0, 0.1) is 10.1 Å². The predicted molar refractivity (Wildman–Crippen MR) is 158 cm³/mol. The number of nitrogens with zero attached hydrogens (tertiary/aromatic N) is 2. The molecule has 0 saturated carbocycles. The van der Waals surface area contributed by atoms with Crippen LogP contribution in [0.4, 0.5) is 5.69 Å². The topological polar surface area (TPSA) is 128 Å². The Bertz CT molecular complexity index is 1740. The first-order valence-electron chi connectivity index (χ1n) is 13.0. The lowest BCUT2D eigenvalue weighted by Crippen LogP contribution is -2.42. The van der Waals surface area contributed by atoms with Gasteiger partial charge in [-0.15, -0.1) is 0 Å². The highest BCUT2D eigenvalue weighted by atomic mass is 35.5. The second kappa shape index (κ2) is 12.6. The van der Waals surface area contributed by atoms with E-state index in [-0.39, 0.29) is 21.7 Å². The van der Waals surface area contributed by atoms with Gasteiger partial charge in [-0.3, -0.25) is 25.1 Å². The van der Waals surface area contributed by atoms with E-state index in [4.69, 9.17) is 21.1 Å². The molecule has 1 amide bonds. The Balaban J connectivity index is 1.35. The number of nitro groups is 1. The maximum Gasteiger partial charge on any atom is 0.339 e. The quantitative estimate of drug-likeness (QED) is 0.111. The summed E-state index contributed by atoms with van der Waals surface area (Å²) in [4.78, 5) is 50.4. The average molecular weight is 598 g/mol. The lowest BCUT2D eigenvalue weighted by atomic mass is 9.98. The smallest absolute Gasteiger partial charge is 0.339 e. The zero-order valence-corrected chi connectivity index (χ0v) is 23.5. The molecular formula is C32H24ClN3O7. The first kappa shape index (κ1) is 29.0. The van der Waals surface area contributed by atoms with Crippen molar-refractivity contribution in [3.05, 3.63) is 146 Å². The number of ketones is 1. The zero-order chi connectivity index (χ0) is 30.5. The van der Waals surface area contributed by atoms with Gasteiger partial charge in [-0.05, 0) is 47.5 Å². The van der Waals surface area contributed by atoms with Gasteiger partial charge in [-0.2, -0.15) is 0 Å². The van der Waals surface area contributed by atoms with Gasteiger partial charge in [-0.25, -0.2) is 9.80 Å². The summed E-state index contributed by atoms with van der Waals surface area (Å²) >= 11 is 5.88. The summed E-state index contributed by atoms with van der Waals surface area (Å²) in [6.45, 7) is -0.622. The van der Waals surface area contributed by atoms with Crippen LogP contribution in [-0.2, 0) is 9.53 Å². The van der Waals surface area contributed by atoms with E-state index >= 15 is 0 Å². The third kappa shape index (κ3) is 6.24. The predicted octanol–water partition coefficient (Wildman–Crippen LogP) is 5.77. The molecule has 0 aliphatic carbocycles. The Kier molecular flexibility index (Phi) is 8.49. The lowest BCUT2D eigenvalue weighted by molar-refractivity contribution is -0.384. The molecule has 216 valence electrons. The molecule has 10 nitrogen and oxygen atoms in total. The van der Waals surface area contributed by atoms with Gasteiger partial charge in [0.15, 0.2) is 12.4 Å². The maximum absolute atomic E-state index is 13.4. The van der Waals surface area contributed by atoms with E-state index in [9.17, 15) is 24.5 Å². The second-order valence-corrected chi connectivity index (χ2v) is 9.82. The summed E-state index contributed by atoms with van der Waals surface area (Å²) in [6, 6.07) is 25.7. The molecule has 1 aliphatic rings. The van der Waals surface area contributed by atoms with E-state index in [0.717, 1.165) is 17.2 Å². The standard InChI is InChI=1S/C32H24ClN3O7/c1-42-23-14-11-21(12-15-23)28-18-27(20-7-3-2-4-8-20)34-35(28)30(37)19-43-32(39)25-10-6-5-9-24(25)31(38)22-13-16-26(33)29(17-22)36(40)41/h2-18,28,34H,19H2,1H3/t28-/m1/s1. The molecule has 4 aromatic rings. The Morgan fingerprint density at radius 3 is 2.28 bits per heavy atom. The summed E-state index contributed by atoms with van der Waals surface area (Å²) in [5, 5.41) is 12.5. The van der Waals surface area contributed by atoms with Crippen molar-refractivity contribution >= 4 is 40.6 Å². The van der Waals surface area contributed by atoms with Crippen LogP contribution in [-0.4, -0.2) is 41.3 Å². The molecule has 0 fully saturated rings. The minimum atomic E-state index is -0.905. The number of halogens is 1. The van der Waals surface area contributed by atoms with Crippen molar-refractivity contribution in [2.45, 2.75) is 6.04 Å². The summed E-state index contributed by atoms with van der Waals surface area (Å²) < 4.78 is 10.6. The number of hydrogen-bond acceptors (Lipinski definition) is 8. The van der Waals surface area contributed by atoms with E-state index in [1.807, 2.05) is 48.5 Å². The molecule has 11 heteroatoms. The molecule has 43 heavy (non-hydrogen) atoms. The molecule has 0 spiro atoms. The third-order valence-corrected chi connectivity index (χ3v) is 7.10. The van der Waals surface area contributed by atoms with Gasteiger partial charge in [0.05, 0.1) is 29.3 Å². The van der Waals surface area contributed by atoms with Crippen LogP contribution in [0.15, 0.2) is 103 Å². The van der Waals surface area contributed by atoms with Crippen LogP contribution in [0.2, 0.25) is 5.02 Å². The Morgan fingerprint density at radius 2 is 1.60 bits per heavy atom. The molecule has 1 heterocycles. The van der Waals surface area contributed by atoms with Gasteiger partial charge in [0.1, 0.15) is 10.8 Å². The molecule has 0 aromatic heterocycles. The maximum atomic E-state index is 13.4. The first-order chi connectivity index (χ1) is 20.8. The Morgan fingerprint density at radius 1 is 0.930 bits per heavy atom. The van der Waals surface area contributed by atoms with E-state index in [1.165, 1.54) is 35.3 Å². The molecule has 0 bridgehead atoms. The molecule has 0 radical (unpaired) electrons. The largest absolute Gasteiger partial charge is 0.497 e. The fraction of sp³-hybridized carbons (Fsp3) is 0.0938. The number of benzene rings is 4.